The molecule has 0 aromatic heterocycles. The molecule has 20 heavy (non-hydrogen) atoms. The van der Waals surface area contributed by atoms with Crippen molar-refractivity contribution in [1.29, 1.82) is 0 Å². The van der Waals surface area contributed by atoms with Crippen molar-refractivity contribution in [3.8, 4) is 5.75 Å². The van der Waals surface area contributed by atoms with E-state index in [2.05, 4.69) is 0 Å². The van der Waals surface area contributed by atoms with Gasteiger partial charge >= 0.3 is 0 Å². The van der Waals surface area contributed by atoms with Crippen LogP contribution in [0, 0.1) is 0 Å². The van der Waals surface area contributed by atoms with E-state index in [1.165, 1.54) is 25.1 Å². The average molecular weight is 300 g/mol. The van der Waals surface area contributed by atoms with Crippen LogP contribution in [0.25, 0.3) is 0 Å². The summed E-state index contributed by atoms with van der Waals surface area (Å²) in [5.74, 6) is -0.0829. The second-order valence-electron chi connectivity index (χ2n) is 4.72. The first kappa shape index (κ1) is 16.5. The Balaban J connectivity index is 3.27. The van der Waals surface area contributed by atoms with Gasteiger partial charge in [-0.15, -0.1) is 0 Å². The number of sulfonamides is 1. The molecular formula is C13H20N2O4S. The standard InChI is InChI=1S/C13H20N2O4S/c1-4-8(2)11-7-10(20(15,17)18)5-6-12(11)19-9(3)13(14)16/h5-9H,4H2,1-3H3,(H2,14,16)(H2,15,17,18). The Labute approximate surface area is 119 Å². The Hall–Kier alpha value is -1.60. The minimum Gasteiger partial charge on any atom is -0.481 e. The highest BCUT2D eigenvalue weighted by molar-refractivity contribution is 7.89. The molecular weight excluding hydrogens is 280 g/mol. The van der Waals surface area contributed by atoms with Crippen molar-refractivity contribution in [3.05, 3.63) is 23.8 Å². The van der Waals surface area contributed by atoms with Crippen molar-refractivity contribution in [1.82, 2.24) is 0 Å². The van der Waals surface area contributed by atoms with E-state index in [0.29, 0.717) is 11.3 Å². The van der Waals surface area contributed by atoms with Gasteiger partial charge in [-0.1, -0.05) is 13.8 Å². The Bertz CT molecular complexity index is 598. The van der Waals surface area contributed by atoms with Crippen LogP contribution in [-0.2, 0) is 14.8 Å². The van der Waals surface area contributed by atoms with E-state index >= 15 is 0 Å². The number of carbonyl (C=O) groups is 1. The number of nitrogens with two attached hydrogens (primary N) is 2. The minimum absolute atomic E-state index is 0.0203. The fourth-order valence-electron chi connectivity index (χ4n) is 1.66. The number of rotatable bonds is 6. The van der Waals surface area contributed by atoms with Gasteiger partial charge in [-0.3, -0.25) is 4.79 Å². The van der Waals surface area contributed by atoms with E-state index in [9.17, 15) is 13.2 Å². The highest BCUT2D eigenvalue weighted by Gasteiger charge is 2.19. The summed E-state index contributed by atoms with van der Waals surface area (Å²) >= 11 is 0. The molecule has 112 valence electrons. The van der Waals surface area contributed by atoms with Crippen LogP contribution in [-0.4, -0.2) is 20.4 Å². The molecule has 1 aromatic carbocycles. The first-order valence-electron chi connectivity index (χ1n) is 6.29. The van der Waals surface area contributed by atoms with Crippen LogP contribution in [0.15, 0.2) is 23.1 Å². The number of carbonyl (C=O) groups excluding carboxylic acids is 1. The highest BCUT2D eigenvalue weighted by atomic mass is 32.2. The molecule has 0 saturated carbocycles. The SMILES string of the molecule is CCC(C)c1cc(S(N)(=O)=O)ccc1OC(C)C(N)=O. The quantitative estimate of drug-likeness (QED) is 0.819. The van der Waals surface area contributed by atoms with Gasteiger partial charge in [-0.05, 0) is 43.0 Å². The smallest absolute Gasteiger partial charge is 0.258 e. The topological polar surface area (TPSA) is 112 Å². The molecule has 0 heterocycles. The third-order valence-electron chi connectivity index (χ3n) is 3.16. The number of primary amides is 1. The largest absolute Gasteiger partial charge is 0.481 e. The molecule has 0 saturated heterocycles. The van der Waals surface area contributed by atoms with E-state index in [-0.39, 0.29) is 10.8 Å². The Kier molecular flexibility index (Phi) is 5.13. The lowest BCUT2D eigenvalue weighted by atomic mass is 9.98. The summed E-state index contributed by atoms with van der Waals surface area (Å²) < 4.78 is 28.3. The number of ether oxygens (including phenoxy) is 1. The molecule has 1 amide bonds. The van der Waals surface area contributed by atoms with Gasteiger partial charge < -0.3 is 10.5 Å². The average Bonchev–Trinajstić information content (AvgIpc) is 2.36. The summed E-state index contributed by atoms with van der Waals surface area (Å²) in [7, 11) is -3.78. The van der Waals surface area contributed by atoms with Gasteiger partial charge in [0.05, 0.1) is 4.90 Å². The van der Waals surface area contributed by atoms with Crippen LogP contribution >= 0.6 is 0 Å². The lowest BCUT2D eigenvalue weighted by Gasteiger charge is -2.19. The van der Waals surface area contributed by atoms with Gasteiger partial charge in [0.2, 0.25) is 10.0 Å². The maximum atomic E-state index is 11.4. The zero-order chi connectivity index (χ0) is 15.5. The van der Waals surface area contributed by atoms with Crippen molar-refractivity contribution >= 4 is 15.9 Å². The molecule has 0 radical (unpaired) electrons. The van der Waals surface area contributed by atoms with Gasteiger partial charge in [0.25, 0.3) is 5.91 Å². The fourth-order valence-corrected chi connectivity index (χ4v) is 2.21. The van der Waals surface area contributed by atoms with E-state index in [4.69, 9.17) is 15.6 Å². The van der Waals surface area contributed by atoms with Crippen LogP contribution < -0.4 is 15.6 Å². The number of benzene rings is 1. The first-order valence-corrected chi connectivity index (χ1v) is 7.84. The lowest BCUT2D eigenvalue weighted by Crippen LogP contribution is -2.31. The van der Waals surface area contributed by atoms with Crippen LogP contribution in [0.5, 0.6) is 5.75 Å². The number of primary sulfonamides is 1. The van der Waals surface area contributed by atoms with Crippen molar-refractivity contribution < 1.29 is 17.9 Å². The normalized spacial score (nSPS) is 14.6. The Morgan fingerprint density at radius 3 is 2.40 bits per heavy atom. The van der Waals surface area contributed by atoms with Gasteiger partial charge in [0.1, 0.15) is 5.75 Å². The summed E-state index contributed by atoms with van der Waals surface area (Å²) in [5, 5.41) is 5.12. The molecule has 0 fully saturated rings. The van der Waals surface area contributed by atoms with E-state index in [0.717, 1.165) is 6.42 Å². The Morgan fingerprint density at radius 2 is 1.95 bits per heavy atom. The first-order chi connectivity index (χ1) is 9.16. The van der Waals surface area contributed by atoms with Crippen molar-refractivity contribution in [2.75, 3.05) is 0 Å². The van der Waals surface area contributed by atoms with E-state index in [1.54, 1.807) is 0 Å². The van der Waals surface area contributed by atoms with Gasteiger partial charge in [0.15, 0.2) is 6.10 Å². The molecule has 1 aromatic rings. The van der Waals surface area contributed by atoms with Crippen LogP contribution in [0.4, 0.5) is 0 Å². The third-order valence-corrected chi connectivity index (χ3v) is 4.07. The summed E-state index contributed by atoms with van der Waals surface area (Å²) in [5.41, 5.74) is 5.85. The number of hydrogen-bond donors (Lipinski definition) is 2. The lowest BCUT2D eigenvalue weighted by molar-refractivity contribution is -0.124. The fraction of sp³-hybridized carbons (Fsp3) is 0.462. The number of hydrogen-bond acceptors (Lipinski definition) is 4. The zero-order valence-corrected chi connectivity index (χ0v) is 12.6. The minimum atomic E-state index is -3.78. The van der Waals surface area contributed by atoms with Crippen molar-refractivity contribution in [2.24, 2.45) is 10.9 Å². The summed E-state index contributed by atoms with van der Waals surface area (Å²) in [4.78, 5) is 11.1. The number of amides is 1. The molecule has 7 heteroatoms. The maximum absolute atomic E-state index is 11.4. The molecule has 0 aliphatic carbocycles. The van der Waals surface area contributed by atoms with Crippen molar-refractivity contribution in [2.45, 2.75) is 44.1 Å². The molecule has 6 nitrogen and oxygen atoms in total. The summed E-state index contributed by atoms with van der Waals surface area (Å²) in [6.07, 6.45) is -0.00630. The molecule has 4 N–H and O–H groups in total. The molecule has 1 rings (SSSR count). The molecule has 0 aliphatic heterocycles. The third kappa shape index (κ3) is 3.94. The predicted octanol–water partition coefficient (Wildman–Crippen LogP) is 1.10. The second-order valence-corrected chi connectivity index (χ2v) is 6.28. The summed E-state index contributed by atoms with van der Waals surface area (Å²) in [6.45, 7) is 5.44. The molecule has 0 spiro atoms. The van der Waals surface area contributed by atoms with E-state index in [1.807, 2.05) is 13.8 Å². The van der Waals surface area contributed by atoms with Gasteiger partial charge in [-0.2, -0.15) is 0 Å². The molecule has 0 aliphatic rings. The maximum Gasteiger partial charge on any atom is 0.258 e. The predicted molar refractivity (Wildman–Crippen MR) is 75.8 cm³/mol. The van der Waals surface area contributed by atoms with Crippen LogP contribution in [0.1, 0.15) is 38.7 Å². The van der Waals surface area contributed by atoms with Crippen LogP contribution in [0.2, 0.25) is 0 Å². The second kappa shape index (κ2) is 6.23. The summed E-state index contributed by atoms with van der Waals surface area (Å²) in [6, 6.07) is 4.33. The van der Waals surface area contributed by atoms with Gasteiger partial charge in [0, 0.05) is 0 Å². The zero-order valence-electron chi connectivity index (χ0n) is 11.8. The van der Waals surface area contributed by atoms with E-state index < -0.39 is 22.0 Å². The molecule has 0 bridgehead atoms. The molecule has 2 atom stereocenters. The van der Waals surface area contributed by atoms with Crippen LogP contribution in [0.3, 0.4) is 0 Å². The monoisotopic (exact) mass is 300 g/mol. The Morgan fingerprint density at radius 1 is 1.35 bits per heavy atom. The van der Waals surface area contributed by atoms with Crippen molar-refractivity contribution in [3.63, 3.8) is 0 Å². The van der Waals surface area contributed by atoms with Gasteiger partial charge in [-0.25, -0.2) is 13.6 Å². The highest BCUT2D eigenvalue weighted by Crippen LogP contribution is 2.31. The molecule has 2 unspecified atom stereocenters.